The molecule has 210 valence electrons. The van der Waals surface area contributed by atoms with Gasteiger partial charge in [-0.1, -0.05) is 0 Å². The zero-order valence-electron chi connectivity index (χ0n) is 23.5. The van der Waals surface area contributed by atoms with Crippen LogP contribution in [0.3, 0.4) is 0 Å². The van der Waals surface area contributed by atoms with Gasteiger partial charge in [-0.15, -0.1) is 0 Å². The van der Waals surface area contributed by atoms with Gasteiger partial charge in [0.25, 0.3) is 0 Å². The number of hydrogen-bond acceptors (Lipinski definition) is 6. The number of fused-ring (bicyclic) bond motifs is 12. The Morgan fingerprint density at radius 2 is 0.667 bits per heavy atom. The third-order valence-corrected chi connectivity index (χ3v) is 9.82. The molecule has 0 fully saturated rings. The Morgan fingerprint density at radius 3 is 0.952 bits per heavy atom. The van der Waals surface area contributed by atoms with Crippen LogP contribution in [0.15, 0.2) is 36.4 Å². The molecular weight excluding hydrogens is 534 g/mol. The topological polar surface area (TPSA) is 70.2 Å². The first kappa shape index (κ1) is 22.7. The van der Waals surface area contributed by atoms with Crippen molar-refractivity contribution in [3.8, 4) is 34.5 Å². The molecule has 0 saturated carbocycles. The Bertz CT molecular complexity index is 1950. The average Bonchev–Trinajstić information content (AvgIpc) is 3.83. The molecule has 0 spiro atoms. The van der Waals surface area contributed by atoms with E-state index in [0.29, 0.717) is 0 Å². The van der Waals surface area contributed by atoms with E-state index in [1.54, 1.807) is 0 Å². The summed E-state index contributed by atoms with van der Waals surface area (Å²) in [7, 11) is 6.51. The molecule has 0 saturated heterocycles. The lowest BCUT2D eigenvalue weighted by molar-refractivity contribution is 0.173. The fraction of sp³-hybridized carbons (Fsp3) is 0.273. The number of nitrogens with zero attached hydrogens (tertiary/aromatic N) is 3. The molecule has 0 atom stereocenters. The Kier molecular flexibility index (Phi) is 4.15. The highest BCUT2D eigenvalue weighted by molar-refractivity contribution is 5.94. The van der Waals surface area contributed by atoms with Crippen LogP contribution in [0.4, 0.5) is 0 Å². The first-order valence-corrected chi connectivity index (χ1v) is 14.2. The number of hydrogen-bond donors (Lipinski definition) is 0. The van der Waals surface area contributed by atoms with Crippen molar-refractivity contribution in [1.82, 2.24) is 13.7 Å². The predicted molar refractivity (Wildman–Crippen MR) is 156 cm³/mol. The summed E-state index contributed by atoms with van der Waals surface area (Å²) in [4.78, 5) is 0. The van der Waals surface area contributed by atoms with Gasteiger partial charge in [0.1, 0.15) is 0 Å². The highest BCUT2D eigenvalue weighted by Crippen LogP contribution is 2.46. The van der Waals surface area contributed by atoms with Crippen LogP contribution >= 0.6 is 0 Å². The number of aryl methyl sites for hydroxylation is 3. The molecule has 4 aliphatic rings. The van der Waals surface area contributed by atoms with Crippen molar-refractivity contribution in [3.63, 3.8) is 0 Å². The highest BCUT2D eigenvalue weighted by atomic mass is 16.7. The fourth-order valence-electron chi connectivity index (χ4n) is 7.63. The standard InChI is InChI=1S/C33H27N3O6/c1-34-22-4-17-20-8-29-32(41-14-38-29)11-26(20)36(3)24(17)6-18-21-9-30-33(42-15-39-30)12-27(21)35(2)23(18)5-16(22)19-7-28-31(10-25(19)34)40-13-37-28/h7-12H,4-6,13-15H2,1-3H3. The summed E-state index contributed by atoms with van der Waals surface area (Å²) in [6, 6.07) is 12.9. The van der Waals surface area contributed by atoms with Crippen LogP contribution in [0.25, 0.3) is 32.7 Å². The summed E-state index contributed by atoms with van der Waals surface area (Å²) < 4.78 is 41.9. The van der Waals surface area contributed by atoms with Gasteiger partial charge in [0, 0.05) is 91.8 Å². The van der Waals surface area contributed by atoms with E-state index in [-0.39, 0.29) is 20.4 Å². The van der Waals surface area contributed by atoms with E-state index in [1.165, 1.54) is 49.9 Å². The van der Waals surface area contributed by atoms with Crippen LogP contribution < -0.4 is 28.4 Å². The molecule has 0 radical (unpaired) electrons. The summed E-state index contributed by atoms with van der Waals surface area (Å²) in [5.41, 5.74) is 11.2. The third-order valence-electron chi connectivity index (χ3n) is 9.82. The molecule has 9 heteroatoms. The monoisotopic (exact) mass is 561 g/mol. The highest BCUT2D eigenvalue weighted by Gasteiger charge is 2.31. The van der Waals surface area contributed by atoms with E-state index in [9.17, 15) is 0 Å². The zero-order chi connectivity index (χ0) is 27.9. The first-order valence-electron chi connectivity index (χ1n) is 14.2. The number of benzene rings is 3. The summed E-state index contributed by atoms with van der Waals surface area (Å²) in [6.45, 7) is 0.766. The molecule has 10 rings (SSSR count). The Balaban J connectivity index is 1.32. The number of aromatic nitrogens is 3. The second kappa shape index (κ2) is 7.67. The average molecular weight is 562 g/mol. The lowest BCUT2D eigenvalue weighted by Crippen LogP contribution is -2.04. The molecular formula is C33H27N3O6. The molecule has 0 N–H and O–H groups in total. The molecule has 3 aromatic carbocycles. The minimum atomic E-state index is 0.255. The van der Waals surface area contributed by atoms with Crippen LogP contribution in [0, 0.1) is 0 Å². The molecule has 42 heavy (non-hydrogen) atoms. The lowest BCUT2D eigenvalue weighted by Gasteiger charge is -2.10. The van der Waals surface area contributed by atoms with E-state index >= 15 is 0 Å². The van der Waals surface area contributed by atoms with Crippen LogP contribution in [0.5, 0.6) is 34.5 Å². The summed E-state index contributed by atoms with van der Waals surface area (Å²) in [6.07, 6.45) is 2.37. The molecule has 6 aromatic rings. The SMILES string of the molecule is Cn1c2c(c3cc4c(cc31)OCO4)Cc1c(c3cc4c(cc3n1C)OCO4)Cc1c(c3cc4c(cc3n1C)OCO4)C2. The maximum atomic E-state index is 5.84. The van der Waals surface area contributed by atoms with Gasteiger partial charge in [0.2, 0.25) is 20.4 Å². The van der Waals surface area contributed by atoms with Crippen LogP contribution in [-0.2, 0) is 40.4 Å². The van der Waals surface area contributed by atoms with Crippen molar-refractivity contribution in [2.24, 2.45) is 21.1 Å². The van der Waals surface area contributed by atoms with Crippen molar-refractivity contribution in [2.75, 3.05) is 20.4 Å². The second-order valence-electron chi connectivity index (χ2n) is 11.7. The van der Waals surface area contributed by atoms with Crippen molar-refractivity contribution in [2.45, 2.75) is 19.3 Å². The van der Waals surface area contributed by atoms with Gasteiger partial charge in [-0.25, -0.2) is 0 Å². The van der Waals surface area contributed by atoms with Crippen molar-refractivity contribution in [3.05, 3.63) is 70.2 Å². The van der Waals surface area contributed by atoms with E-state index in [4.69, 9.17) is 28.4 Å². The van der Waals surface area contributed by atoms with Gasteiger partial charge in [0.05, 0.1) is 16.6 Å². The Labute approximate surface area is 240 Å². The van der Waals surface area contributed by atoms with Gasteiger partial charge in [0.15, 0.2) is 34.5 Å². The molecule has 0 unspecified atom stereocenters. The van der Waals surface area contributed by atoms with Crippen LogP contribution in [0.2, 0.25) is 0 Å². The third kappa shape index (κ3) is 2.78. The molecule has 3 aliphatic heterocycles. The first-order chi connectivity index (χ1) is 20.5. The quantitative estimate of drug-likeness (QED) is 0.246. The summed E-state index contributed by atoms with van der Waals surface area (Å²) in [5, 5.41) is 3.59. The van der Waals surface area contributed by atoms with Crippen molar-refractivity contribution in [1.29, 1.82) is 0 Å². The predicted octanol–water partition coefficient (Wildman–Crippen LogP) is 5.43. The summed E-state index contributed by atoms with van der Waals surface area (Å²) in [5.74, 6) is 4.80. The van der Waals surface area contributed by atoms with E-state index in [1.807, 2.05) is 0 Å². The smallest absolute Gasteiger partial charge is 0.231 e. The second-order valence-corrected chi connectivity index (χ2v) is 11.7. The van der Waals surface area contributed by atoms with Crippen molar-refractivity contribution >= 4 is 32.7 Å². The lowest BCUT2D eigenvalue weighted by atomic mass is 10.00. The molecule has 0 bridgehead atoms. The maximum absolute atomic E-state index is 5.84. The molecule has 9 nitrogen and oxygen atoms in total. The molecule has 1 aliphatic carbocycles. The molecule has 3 aromatic heterocycles. The molecule has 0 amide bonds. The van der Waals surface area contributed by atoms with Gasteiger partial charge in [-0.3, -0.25) is 0 Å². The fourth-order valence-corrected chi connectivity index (χ4v) is 7.63. The number of ether oxygens (including phenoxy) is 6. The van der Waals surface area contributed by atoms with E-state index in [2.05, 4.69) is 71.2 Å². The Morgan fingerprint density at radius 1 is 0.405 bits per heavy atom. The van der Waals surface area contributed by atoms with Crippen LogP contribution in [0.1, 0.15) is 33.8 Å². The maximum Gasteiger partial charge on any atom is 0.231 e. The van der Waals surface area contributed by atoms with E-state index < -0.39 is 0 Å². The van der Waals surface area contributed by atoms with Gasteiger partial charge in [-0.2, -0.15) is 0 Å². The van der Waals surface area contributed by atoms with E-state index in [0.717, 1.165) is 70.3 Å². The normalized spacial score (nSPS) is 16.1. The van der Waals surface area contributed by atoms with Crippen LogP contribution in [-0.4, -0.2) is 34.1 Å². The Hall–Kier alpha value is -4.92. The van der Waals surface area contributed by atoms with Crippen molar-refractivity contribution < 1.29 is 28.4 Å². The summed E-state index contributed by atoms with van der Waals surface area (Å²) >= 11 is 0. The molecule has 6 heterocycles. The zero-order valence-corrected chi connectivity index (χ0v) is 23.5. The minimum Gasteiger partial charge on any atom is -0.454 e. The van der Waals surface area contributed by atoms with Gasteiger partial charge >= 0.3 is 0 Å². The van der Waals surface area contributed by atoms with Gasteiger partial charge < -0.3 is 42.1 Å². The van der Waals surface area contributed by atoms with Gasteiger partial charge in [-0.05, 0) is 34.9 Å². The minimum absolute atomic E-state index is 0.255. The largest absolute Gasteiger partial charge is 0.454 e. The number of rotatable bonds is 0.